The van der Waals surface area contributed by atoms with Gasteiger partial charge in [-0.1, -0.05) is 6.07 Å². The van der Waals surface area contributed by atoms with Gasteiger partial charge in [-0.05, 0) is 38.3 Å². The first-order chi connectivity index (χ1) is 14.8. The molecule has 1 aliphatic carbocycles. The summed E-state index contributed by atoms with van der Waals surface area (Å²) in [5, 5.41) is 2.57. The van der Waals surface area contributed by atoms with Crippen molar-refractivity contribution in [1.82, 2.24) is 14.4 Å². The standard InChI is InChI=1S/C22H22F2N4O3/c1-21-11-22(12-21,6-7-31-21)16-10-28-9-13(15(30-2)8-18(28)26-16)20(29)27-17-5-3-4-14(25-17)19(23)24/h3-5,8-10,19H,6-7,11-12H2,1-2H3,(H,25,27,29). The number of carbonyl (C=O) groups is 1. The lowest BCUT2D eigenvalue weighted by atomic mass is 9.55. The summed E-state index contributed by atoms with van der Waals surface area (Å²) in [6, 6.07) is 5.80. The minimum atomic E-state index is -2.72. The molecule has 3 aromatic rings. The van der Waals surface area contributed by atoms with Gasteiger partial charge in [-0.3, -0.25) is 4.79 Å². The van der Waals surface area contributed by atoms with Crippen LogP contribution in [0.4, 0.5) is 14.6 Å². The summed E-state index contributed by atoms with van der Waals surface area (Å²) < 4.78 is 38.9. The number of halogens is 2. The Labute approximate surface area is 177 Å². The van der Waals surface area contributed by atoms with E-state index in [0.29, 0.717) is 18.0 Å². The smallest absolute Gasteiger partial charge is 0.280 e. The third-order valence-corrected chi connectivity index (χ3v) is 6.25. The molecule has 7 nitrogen and oxygen atoms in total. The summed E-state index contributed by atoms with van der Waals surface area (Å²) >= 11 is 0. The Morgan fingerprint density at radius 2 is 2.10 bits per heavy atom. The Morgan fingerprint density at radius 3 is 2.81 bits per heavy atom. The molecule has 2 aliphatic heterocycles. The van der Waals surface area contributed by atoms with Gasteiger partial charge in [0.2, 0.25) is 0 Å². The second-order valence-electron chi connectivity index (χ2n) is 8.53. The van der Waals surface area contributed by atoms with Crippen LogP contribution >= 0.6 is 0 Å². The lowest BCUT2D eigenvalue weighted by Crippen LogP contribution is -2.59. The van der Waals surface area contributed by atoms with E-state index in [2.05, 4.69) is 17.2 Å². The summed E-state index contributed by atoms with van der Waals surface area (Å²) in [5.41, 5.74) is 1.45. The molecular weight excluding hydrogens is 406 g/mol. The quantitative estimate of drug-likeness (QED) is 0.661. The number of nitrogens with zero attached hydrogens (tertiary/aromatic N) is 3. The molecule has 162 valence electrons. The molecule has 3 fully saturated rings. The van der Waals surface area contributed by atoms with Crippen molar-refractivity contribution in [3.63, 3.8) is 0 Å². The number of ether oxygens (including phenoxy) is 2. The molecule has 9 heteroatoms. The first kappa shape index (κ1) is 19.9. The number of pyridine rings is 2. The van der Waals surface area contributed by atoms with Gasteiger partial charge in [0.25, 0.3) is 12.3 Å². The van der Waals surface area contributed by atoms with Crippen molar-refractivity contribution in [3.8, 4) is 5.75 Å². The topological polar surface area (TPSA) is 77.8 Å². The number of hydrogen-bond donors (Lipinski definition) is 1. The van der Waals surface area contributed by atoms with Crippen LogP contribution < -0.4 is 10.1 Å². The molecule has 3 aromatic heterocycles. The maximum Gasteiger partial charge on any atom is 0.280 e. The number of hydrogen-bond acceptors (Lipinski definition) is 5. The van der Waals surface area contributed by atoms with E-state index in [0.717, 1.165) is 25.0 Å². The van der Waals surface area contributed by atoms with Crippen molar-refractivity contribution in [1.29, 1.82) is 0 Å². The van der Waals surface area contributed by atoms with Crippen molar-refractivity contribution in [3.05, 3.63) is 53.6 Å². The fourth-order valence-corrected chi connectivity index (χ4v) is 4.90. The van der Waals surface area contributed by atoms with Crippen LogP contribution in [0.15, 0.2) is 36.7 Å². The van der Waals surface area contributed by atoms with Crippen LogP contribution in [0, 0.1) is 0 Å². The molecule has 0 radical (unpaired) electrons. The second-order valence-corrected chi connectivity index (χ2v) is 8.53. The average molecular weight is 428 g/mol. The van der Waals surface area contributed by atoms with Crippen molar-refractivity contribution in [2.24, 2.45) is 0 Å². The molecule has 0 atom stereocenters. The van der Waals surface area contributed by atoms with Crippen LogP contribution in [0.25, 0.3) is 5.65 Å². The molecule has 31 heavy (non-hydrogen) atoms. The third-order valence-electron chi connectivity index (χ3n) is 6.25. The Kier molecular flexibility index (Phi) is 4.47. The maximum atomic E-state index is 12.9. The molecule has 6 rings (SSSR count). The number of anilines is 1. The van der Waals surface area contributed by atoms with Gasteiger partial charge >= 0.3 is 0 Å². The monoisotopic (exact) mass is 428 g/mol. The first-order valence-corrected chi connectivity index (χ1v) is 10.1. The first-order valence-electron chi connectivity index (χ1n) is 10.1. The molecule has 1 saturated carbocycles. The molecule has 2 saturated heterocycles. The molecule has 0 aromatic carbocycles. The van der Waals surface area contributed by atoms with Crippen molar-refractivity contribution in [2.45, 2.75) is 43.6 Å². The summed E-state index contributed by atoms with van der Waals surface area (Å²) in [7, 11) is 1.47. The van der Waals surface area contributed by atoms with Gasteiger partial charge in [0.15, 0.2) is 0 Å². The number of imidazole rings is 1. The van der Waals surface area contributed by atoms with E-state index in [-0.39, 0.29) is 22.4 Å². The largest absolute Gasteiger partial charge is 0.496 e. The van der Waals surface area contributed by atoms with Gasteiger partial charge in [0, 0.05) is 30.5 Å². The highest BCUT2D eigenvalue weighted by Gasteiger charge is 2.57. The van der Waals surface area contributed by atoms with Gasteiger partial charge in [-0.15, -0.1) is 0 Å². The number of amides is 1. The number of fused-ring (bicyclic) bond motifs is 3. The summed E-state index contributed by atoms with van der Waals surface area (Å²) in [4.78, 5) is 21.5. The van der Waals surface area contributed by atoms with E-state index in [9.17, 15) is 13.6 Å². The van der Waals surface area contributed by atoms with Crippen LogP contribution in [0.5, 0.6) is 5.75 Å². The summed E-state index contributed by atoms with van der Waals surface area (Å²) in [5.74, 6) is -0.116. The van der Waals surface area contributed by atoms with E-state index in [1.54, 1.807) is 16.7 Å². The van der Waals surface area contributed by atoms with Gasteiger partial charge in [-0.2, -0.15) is 0 Å². The zero-order chi connectivity index (χ0) is 21.8. The predicted octanol–water partition coefficient (Wildman–Crippen LogP) is 4.14. The van der Waals surface area contributed by atoms with E-state index >= 15 is 0 Å². The van der Waals surface area contributed by atoms with E-state index < -0.39 is 18.0 Å². The van der Waals surface area contributed by atoms with Crippen molar-refractivity contribution < 1.29 is 23.0 Å². The summed E-state index contributed by atoms with van der Waals surface area (Å²) in [6.07, 6.45) is 3.66. The summed E-state index contributed by atoms with van der Waals surface area (Å²) in [6.45, 7) is 2.84. The van der Waals surface area contributed by atoms with Gasteiger partial charge < -0.3 is 19.2 Å². The lowest BCUT2D eigenvalue weighted by Gasteiger charge is -2.58. The zero-order valence-corrected chi connectivity index (χ0v) is 17.2. The van der Waals surface area contributed by atoms with Gasteiger partial charge in [0.1, 0.15) is 22.9 Å². The lowest BCUT2D eigenvalue weighted by molar-refractivity contribution is -0.182. The number of carbonyl (C=O) groups excluding carboxylic acids is 1. The Morgan fingerprint density at radius 1 is 1.29 bits per heavy atom. The zero-order valence-electron chi connectivity index (χ0n) is 17.2. The van der Waals surface area contributed by atoms with Crippen LogP contribution in [-0.2, 0) is 10.2 Å². The van der Waals surface area contributed by atoms with Gasteiger partial charge in [-0.25, -0.2) is 18.7 Å². The average Bonchev–Trinajstić information content (AvgIpc) is 3.16. The highest BCUT2D eigenvalue weighted by Crippen LogP contribution is 2.57. The fraction of sp³-hybridized carbons (Fsp3) is 0.409. The van der Waals surface area contributed by atoms with Crippen LogP contribution in [0.2, 0.25) is 0 Å². The number of nitrogens with one attached hydrogen (secondary N) is 1. The highest BCUT2D eigenvalue weighted by atomic mass is 19.3. The van der Waals surface area contributed by atoms with Crippen LogP contribution in [0.3, 0.4) is 0 Å². The molecule has 0 spiro atoms. The van der Waals surface area contributed by atoms with E-state index in [1.165, 1.54) is 25.3 Å². The van der Waals surface area contributed by atoms with E-state index in [4.69, 9.17) is 14.5 Å². The minimum Gasteiger partial charge on any atom is -0.496 e. The minimum absolute atomic E-state index is 0.00824. The number of rotatable bonds is 5. The number of methoxy groups -OCH3 is 1. The molecule has 1 N–H and O–H groups in total. The molecule has 3 aliphatic rings. The maximum absolute atomic E-state index is 12.9. The highest BCUT2D eigenvalue weighted by molar-refractivity contribution is 6.05. The normalized spacial score (nSPS) is 24.8. The molecule has 5 heterocycles. The molecule has 0 unspecified atom stereocenters. The van der Waals surface area contributed by atoms with Crippen molar-refractivity contribution >= 4 is 17.4 Å². The Balaban J connectivity index is 1.46. The van der Waals surface area contributed by atoms with E-state index in [1.807, 2.05) is 6.20 Å². The van der Waals surface area contributed by atoms with Crippen LogP contribution in [-0.4, -0.2) is 39.6 Å². The number of aromatic nitrogens is 3. The van der Waals surface area contributed by atoms with Crippen molar-refractivity contribution in [2.75, 3.05) is 19.0 Å². The molecule has 2 bridgehead atoms. The molecular formula is C22H22F2N4O3. The Bertz CT molecular complexity index is 1170. The third kappa shape index (κ3) is 3.33. The second kappa shape index (κ2) is 6.98. The molecule has 1 amide bonds. The Hall–Kier alpha value is -3.07. The SMILES string of the molecule is COc1cc2nc(C34CCOC(C)(C3)C4)cn2cc1C(=O)Nc1cccc(C(F)F)n1. The van der Waals surface area contributed by atoms with Gasteiger partial charge in [0.05, 0.1) is 24.0 Å². The van der Waals surface area contributed by atoms with Crippen LogP contribution in [0.1, 0.15) is 54.4 Å². The fourth-order valence-electron chi connectivity index (χ4n) is 4.90. The number of alkyl halides is 2. The predicted molar refractivity (Wildman–Crippen MR) is 109 cm³/mol.